The molecule has 2 unspecified atom stereocenters. The number of nitrogens with one attached hydrogen (secondary N) is 1. The zero-order valence-electron chi connectivity index (χ0n) is 12.4. The second kappa shape index (κ2) is 5.69. The van der Waals surface area contributed by atoms with Crippen molar-refractivity contribution >= 4 is 15.9 Å². The van der Waals surface area contributed by atoms with Crippen LogP contribution in [0, 0.1) is 5.92 Å². The number of fused-ring (bicyclic) bond motifs is 1. The van der Waals surface area contributed by atoms with Gasteiger partial charge in [-0.1, -0.05) is 48.2 Å². The number of halogens is 1. The average molecular weight is 338 g/mol. The lowest BCUT2D eigenvalue weighted by atomic mass is 9.74. The highest BCUT2D eigenvalue weighted by atomic mass is 79.9. The molecular weight excluding hydrogens is 314 g/mol. The Balaban J connectivity index is 1.85. The largest absolute Gasteiger partial charge is 0.487 e. The molecule has 1 fully saturated rings. The Labute approximate surface area is 130 Å². The van der Waals surface area contributed by atoms with Gasteiger partial charge < -0.3 is 10.1 Å². The van der Waals surface area contributed by atoms with Crippen molar-refractivity contribution < 1.29 is 4.74 Å². The average Bonchev–Trinajstić information content (AvgIpc) is 2.34. The lowest BCUT2D eigenvalue weighted by molar-refractivity contribution is 0.0126. The summed E-state index contributed by atoms with van der Waals surface area (Å²) in [6.07, 6.45) is 6.44. The van der Waals surface area contributed by atoms with E-state index in [1.807, 2.05) is 0 Å². The minimum absolute atomic E-state index is 0.0221. The Morgan fingerprint density at radius 2 is 2.20 bits per heavy atom. The minimum Gasteiger partial charge on any atom is -0.487 e. The molecule has 20 heavy (non-hydrogen) atoms. The van der Waals surface area contributed by atoms with E-state index in [-0.39, 0.29) is 5.60 Å². The van der Waals surface area contributed by atoms with Gasteiger partial charge in [-0.2, -0.15) is 0 Å². The fraction of sp³-hybridized carbons (Fsp3) is 0.647. The van der Waals surface area contributed by atoms with Gasteiger partial charge in [0, 0.05) is 22.5 Å². The van der Waals surface area contributed by atoms with Crippen LogP contribution in [0.15, 0.2) is 22.7 Å². The summed E-state index contributed by atoms with van der Waals surface area (Å²) in [6.45, 7) is 5.47. The van der Waals surface area contributed by atoms with Crippen LogP contribution in [0.2, 0.25) is 0 Å². The highest BCUT2D eigenvalue weighted by Crippen LogP contribution is 2.45. The smallest absolute Gasteiger partial charge is 0.126 e. The first-order valence-electron chi connectivity index (χ1n) is 7.81. The summed E-state index contributed by atoms with van der Waals surface area (Å²) in [5, 5.41) is 3.63. The summed E-state index contributed by atoms with van der Waals surface area (Å²) in [4.78, 5) is 0. The summed E-state index contributed by atoms with van der Waals surface area (Å²) in [6, 6.07) is 6.84. The van der Waals surface area contributed by atoms with Crippen molar-refractivity contribution in [1.82, 2.24) is 5.32 Å². The molecule has 3 heteroatoms. The molecule has 0 bridgehead atoms. The Bertz CT molecular complexity index is 486. The molecule has 0 spiro atoms. The standard InChI is InChI=1S/C17H24BrNO/c1-3-19-15-11-17(2,10-12-5-4-6-12)20-16-9-13(18)7-8-14(15)16/h7-9,12,15,19H,3-6,10-11H2,1-2H3. The minimum atomic E-state index is -0.0221. The summed E-state index contributed by atoms with van der Waals surface area (Å²) in [5.41, 5.74) is 1.28. The molecule has 0 amide bonds. The number of hydrogen-bond donors (Lipinski definition) is 1. The molecule has 1 heterocycles. The van der Waals surface area contributed by atoms with Gasteiger partial charge in [-0.3, -0.25) is 0 Å². The number of hydrogen-bond acceptors (Lipinski definition) is 2. The molecule has 0 radical (unpaired) electrons. The second-order valence-corrected chi connectivity index (χ2v) is 7.47. The van der Waals surface area contributed by atoms with Crippen molar-refractivity contribution in [2.75, 3.05) is 6.54 Å². The zero-order valence-corrected chi connectivity index (χ0v) is 14.0. The van der Waals surface area contributed by atoms with E-state index < -0.39 is 0 Å². The first-order chi connectivity index (χ1) is 9.59. The van der Waals surface area contributed by atoms with Crippen LogP contribution in [0.25, 0.3) is 0 Å². The summed E-state index contributed by atoms with van der Waals surface area (Å²) in [7, 11) is 0. The van der Waals surface area contributed by atoms with Crippen molar-refractivity contribution in [1.29, 1.82) is 0 Å². The van der Waals surface area contributed by atoms with E-state index in [4.69, 9.17) is 4.74 Å². The predicted octanol–water partition coefficient (Wildman–Crippen LogP) is 4.83. The third-order valence-corrected chi connectivity index (χ3v) is 5.23. The van der Waals surface area contributed by atoms with Crippen LogP contribution in [-0.4, -0.2) is 12.1 Å². The number of benzene rings is 1. The first-order valence-corrected chi connectivity index (χ1v) is 8.61. The Morgan fingerprint density at radius 3 is 2.85 bits per heavy atom. The van der Waals surface area contributed by atoms with Crippen molar-refractivity contribution in [3.8, 4) is 5.75 Å². The molecule has 1 aliphatic heterocycles. The maximum absolute atomic E-state index is 6.41. The quantitative estimate of drug-likeness (QED) is 0.849. The van der Waals surface area contributed by atoms with E-state index in [9.17, 15) is 0 Å². The van der Waals surface area contributed by atoms with Crippen molar-refractivity contribution in [2.24, 2.45) is 5.92 Å². The topological polar surface area (TPSA) is 21.3 Å². The van der Waals surface area contributed by atoms with Gasteiger partial charge in [0.25, 0.3) is 0 Å². The number of rotatable bonds is 4. The van der Waals surface area contributed by atoms with Gasteiger partial charge in [0.05, 0.1) is 0 Å². The second-order valence-electron chi connectivity index (χ2n) is 6.55. The van der Waals surface area contributed by atoms with E-state index >= 15 is 0 Å². The molecule has 0 saturated heterocycles. The summed E-state index contributed by atoms with van der Waals surface area (Å²) in [5.74, 6) is 1.93. The van der Waals surface area contributed by atoms with Crippen molar-refractivity contribution in [3.05, 3.63) is 28.2 Å². The predicted molar refractivity (Wildman–Crippen MR) is 86.2 cm³/mol. The fourth-order valence-electron chi connectivity index (χ4n) is 3.59. The molecule has 1 saturated carbocycles. The van der Waals surface area contributed by atoms with Gasteiger partial charge >= 0.3 is 0 Å². The van der Waals surface area contributed by atoms with Gasteiger partial charge in [0.1, 0.15) is 11.4 Å². The molecule has 1 aliphatic carbocycles. The van der Waals surface area contributed by atoms with Gasteiger partial charge in [-0.05, 0) is 37.9 Å². The van der Waals surface area contributed by atoms with Gasteiger partial charge in [-0.25, -0.2) is 0 Å². The SMILES string of the molecule is CCNC1CC(C)(CC2CCC2)Oc2cc(Br)ccc21. The molecule has 1 N–H and O–H groups in total. The zero-order chi connectivity index (χ0) is 14.2. The molecule has 2 nitrogen and oxygen atoms in total. The maximum Gasteiger partial charge on any atom is 0.126 e. The third kappa shape index (κ3) is 2.89. The summed E-state index contributed by atoms with van der Waals surface area (Å²) >= 11 is 3.56. The van der Waals surface area contributed by atoms with Crippen LogP contribution in [0.5, 0.6) is 5.75 Å². The molecular formula is C17H24BrNO. The lowest BCUT2D eigenvalue weighted by Crippen LogP contribution is -2.44. The monoisotopic (exact) mass is 337 g/mol. The van der Waals surface area contributed by atoms with Gasteiger partial charge in [-0.15, -0.1) is 0 Å². The van der Waals surface area contributed by atoms with Crippen LogP contribution in [0.4, 0.5) is 0 Å². The Hall–Kier alpha value is -0.540. The summed E-state index contributed by atoms with van der Waals surface area (Å²) < 4.78 is 7.51. The molecule has 3 rings (SSSR count). The van der Waals surface area contributed by atoms with E-state index in [1.165, 1.54) is 31.2 Å². The van der Waals surface area contributed by atoms with Gasteiger partial charge in [0.2, 0.25) is 0 Å². The van der Waals surface area contributed by atoms with Crippen LogP contribution in [0.1, 0.15) is 57.6 Å². The Morgan fingerprint density at radius 1 is 1.40 bits per heavy atom. The lowest BCUT2D eigenvalue weighted by Gasteiger charge is -2.43. The molecule has 110 valence electrons. The highest BCUT2D eigenvalue weighted by Gasteiger charge is 2.39. The first kappa shape index (κ1) is 14.4. The molecule has 0 aromatic heterocycles. The fourth-order valence-corrected chi connectivity index (χ4v) is 3.93. The van der Waals surface area contributed by atoms with Gasteiger partial charge in [0.15, 0.2) is 0 Å². The van der Waals surface area contributed by atoms with Crippen molar-refractivity contribution in [2.45, 2.75) is 57.6 Å². The van der Waals surface area contributed by atoms with E-state index in [0.717, 1.165) is 29.1 Å². The van der Waals surface area contributed by atoms with Crippen LogP contribution in [0.3, 0.4) is 0 Å². The Kier molecular flexibility index (Phi) is 4.09. The van der Waals surface area contributed by atoms with Crippen molar-refractivity contribution in [3.63, 3.8) is 0 Å². The van der Waals surface area contributed by atoms with E-state index in [1.54, 1.807) is 0 Å². The number of ether oxygens (including phenoxy) is 1. The maximum atomic E-state index is 6.41. The van der Waals surface area contributed by atoms with Crippen LogP contribution >= 0.6 is 15.9 Å². The van der Waals surface area contributed by atoms with Crippen LogP contribution < -0.4 is 10.1 Å². The van der Waals surface area contributed by atoms with E-state index in [0.29, 0.717) is 6.04 Å². The molecule has 2 aliphatic rings. The van der Waals surface area contributed by atoms with E-state index in [2.05, 4.69) is 53.3 Å². The normalized spacial score (nSPS) is 29.4. The molecule has 2 atom stereocenters. The highest BCUT2D eigenvalue weighted by molar-refractivity contribution is 9.10. The third-order valence-electron chi connectivity index (χ3n) is 4.74. The van der Waals surface area contributed by atoms with Crippen LogP contribution in [-0.2, 0) is 0 Å². The molecule has 1 aromatic rings. The molecule has 1 aromatic carbocycles.